The molecule has 1 aliphatic rings. The molecule has 0 unspecified atom stereocenters. The Bertz CT molecular complexity index is 589. The van der Waals surface area contributed by atoms with Gasteiger partial charge in [0.2, 0.25) is 11.8 Å². The van der Waals surface area contributed by atoms with E-state index in [1.54, 1.807) is 23.1 Å². The molecule has 2 amide bonds. The van der Waals surface area contributed by atoms with Crippen LogP contribution in [0.1, 0.15) is 26.7 Å². The van der Waals surface area contributed by atoms with E-state index in [-0.39, 0.29) is 24.2 Å². The molecule has 0 saturated carbocycles. The topological polar surface area (TPSA) is 58.6 Å². The molecule has 1 N–H and O–H groups in total. The Hall–Kier alpha value is -1.75. The largest absolute Gasteiger partial charge is 0.495 e. The van der Waals surface area contributed by atoms with Gasteiger partial charge < -0.3 is 15.0 Å². The maximum absolute atomic E-state index is 12.3. The summed E-state index contributed by atoms with van der Waals surface area (Å²) in [6.45, 7) is 5.45. The van der Waals surface area contributed by atoms with Gasteiger partial charge in [0.05, 0.1) is 18.1 Å². The van der Waals surface area contributed by atoms with Crippen LogP contribution in [0.3, 0.4) is 0 Å². The van der Waals surface area contributed by atoms with Crippen molar-refractivity contribution in [2.24, 2.45) is 11.8 Å². The molecule has 1 aliphatic heterocycles. The summed E-state index contributed by atoms with van der Waals surface area (Å²) < 4.78 is 5.08. The van der Waals surface area contributed by atoms with Crippen LogP contribution in [0.5, 0.6) is 5.75 Å². The average molecular weight is 339 g/mol. The van der Waals surface area contributed by atoms with E-state index in [0.717, 1.165) is 6.42 Å². The second-order valence-electron chi connectivity index (χ2n) is 6.26. The number of methoxy groups -OCH3 is 1. The van der Waals surface area contributed by atoms with Gasteiger partial charge in [0.1, 0.15) is 5.75 Å². The molecule has 5 nitrogen and oxygen atoms in total. The summed E-state index contributed by atoms with van der Waals surface area (Å²) in [7, 11) is 1.54. The smallest absolute Gasteiger partial charge is 0.229 e. The molecule has 23 heavy (non-hydrogen) atoms. The van der Waals surface area contributed by atoms with Gasteiger partial charge in [0.15, 0.2) is 0 Å². The number of ether oxygens (including phenoxy) is 1. The Kier molecular flexibility index (Phi) is 5.88. The van der Waals surface area contributed by atoms with Gasteiger partial charge in [-0.15, -0.1) is 0 Å². The number of carbonyl (C=O) groups excluding carboxylic acids is 2. The number of carbonyl (C=O) groups is 2. The highest BCUT2D eigenvalue weighted by Gasteiger charge is 2.34. The van der Waals surface area contributed by atoms with Gasteiger partial charge in [-0.3, -0.25) is 9.59 Å². The first kappa shape index (κ1) is 17.6. The maximum Gasteiger partial charge on any atom is 0.229 e. The number of amides is 2. The molecule has 1 heterocycles. The van der Waals surface area contributed by atoms with Crippen molar-refractivity contribution in [2.75, 3.05) is 25.5 Å². The first-order valence-electron chi connectivity index (χ1n) is 7.83. The summed E-state index contributed by atoms with van der Waals surface area (Å²) in [6.07, 6.45) is 1.22. The van der Waals surface area contributed by atoms with Crippen LogP contribution in [0, 0.1) is 11.8 Å². The molecule has 1 fully saturated rings. The molecule has 0 aromatic heterocycles. The molecule has 1 saturated heterocycles. The van der Waals surface area contributed by atoms with Crippen LogP contribution in [0.25, 0.3) is 0 Å². The van der Waals surface area contributed by atoms with Gasteiger partial charge in [-0.2, -0.15) is 0 Å². The van der Waals surface area contributed by atoms with Gasteiger partial charge in [-0.25, -0.2) is 0 Å². The van der Waals surface area contributed by atoms with E-state index in [9.17, 15) is 9.59 Å². The Morgan fingerprint density at radius 2 is 2.22 bits per heavy atom. The van der Waals surface area contributed by atoms with Crippen LogP contribution in [-0.4, -0.2) is 36.9 Å². The highest BCUT2D eigenvalue weighted by Crippen LogP contribution is 2.28. The van der Waals surface area contributed by atoms with Crippen LogP contribution in [0.15, 0.2) is 18.2 Å². The van der Waals surface area contributed by atoms with Crippen molar-refractivity contribution < 1.29 is 14.3 Å². The van der Waals surface area contributed by atoms with Crippen molar-refractivity contribution >= 4 is 29.1 Å². The molecular weight excluding hydrogens is 316 g/mol. The number of nitrogens with one attached hydrogen (secondary N) is 1. The average Bonchev–Trinajstić information content (AvgIpc) is 2.86. The number of likely N-dealkylation sites (tertiary alicyclic amines) is 1. The lowest BCUT2D eigenvalue weighted by atomic mass is 10.1. The number of anilines is 1. The predicted molar refractivity (Wildman–Crippen MR) is 90.8 cm³/mol. The Morgan fingerprint density at radius 3 is 2.83 bits per heavy atom. The summed E-state index contributed by atoms with van der Waals surface area (Å²) in [6, 6.07) is 5.08. The standard InChI is InChI=1S/C17H23ClN2O3/c1-11(2)6-7-20-10-12(8-16(20)21)17(22)19-13-4-5-15(23-3)14(18)9-13/h4-5,9,11-12H,6-8,10H2,1-3H3,(H,19,22)/t12-/m0/s1. The number of benzene rings is 1. The van der Waals surface area contributed by atoms with E-state index in [0.29, 0.717) is 35.5 Å². The molecule has 1 aromatic rings. The highest BCUT2D eigenvalue weighted by atomic mass is 35.5. The normalized spacial score (nSPS) is 17.7. The zero-order valence-electron chi connectivity index (χ0n) is 13.8. The van der Waals surface area contributed by atoms with Crippen LogP contribution < -0.4 is 10.1 Å². The molecule has 0 aliphatic carbocycles. The van der Waals surface area contributed by atoms with Crippen LogP contribution >= 0.6 is 11.6 Å². The zero-order valence-corrected chi connectivity index (χ0v) is 14.5. The number of halogens is 1. The molecule has 126 valence electrons. The van der Waals surface area contributed by atoms with E-state index < -0.39 is 0 Å². The lowest BCUT2D eigenvalue weighted by molar-refractivity contribution is -0.128. The first-order chi connectivity index (χ1) is 10.9. The van der Waals surface area contributed by atoms with Crippen molar-refractivity contribution in [1.29, 1.82) is 0 Å². The van der Waals surface area contributed by atoms with Gasteiger partial charge in [0, 0.05) is 25.2 Å². The summed E-state index contributed by atoms with van der Waals surface area (Å²) in [5, 5.41) is 3.26. The van der Waals surface area contributed by atoms with E-state index in [4.69, 9.17) is 16.3 Å². The first-order valence-corrected chi connectivity index (χ1v) is 8.20. The third-order valence-electron chi connectivity index (χ3n) is 3.98. The summed E-state index contributed by atoms with van der Waals surface area (Å²) in [5.41, 5.74) is 0.605. The van der Waals surface area contributed by atoms with E-state index in [1.807, 2.05) is 0 Å². The van der Waals surface area contributed by atoms with Crippen molar-refractivity contribution in [1.82, 2.24) is 4.90 Å². The molecular formula is C17H23ClN2O3. The van der Waals surface area contributed by atoms with Crippen LogP contribution in [0.2, 0.25) is 5.02 Å². The monoisotopic (exact) mass is 338 g/mol. The summed E-state index contributed by atoms with van der Waals surface area (Å²) in [4.78, 5) is 26.1. The molecule has 1 aromatic carbocycles. The van der Waals surface area contributed by atoms with Crippen LogP contribution in [0.4, 0.5) is 5.69 Å². The number of rotatable bonds is 6. The van der Waals surface area contributed by atoms with Gasteiger partial charge in [0.25, 0.3) is 0 Å². The van der Waals surface area contributed by atoms with Gasteiger partial charge in [-0.05, 0) is 30.5 Å². The highest BCUT2D eigenvalue weighted by molar-refractivity contribution is 6.32. The van der Waals surface area contributed by atoms with Gasteiger partial charge in [-0.1, -0.05) is 25.4 Å². The minimum Gasteiger partial charge on any atom is -0.495 e. The molecule has 0 spiro atoms. The fourth-order valence-electron chi connectivity index (χ4n) is 2.57. The molecule has 0 bridgehead atoms. The second-order valence-corrected chi connectivity index (χ2v) is 6.67. The number of nitrogens with zero attached hydrogens (tertiary/aromatic N) is 1. The second kappa shape index (κ2) is 7.68. The summed E-state index contributed by atoms with van der Waals surface area (Å²) in [5.74, 6) is 0.693. The molecule has 2 rings (SSSR count). The Morgan fingerprint density at radius 1 is 1.48 bits per heavy atom. The fourth-order valence-corrected chi connectivity index (χ4v) is 2.82. The zero-order chi connectivity index (χ0) is 17.0. The Balaban J connectivity index is 1.94. The predicted octanol–water partition coefficient (Wildman–Crippen LogP) is 3.18. The van der Waals surface area contributed by atoms with Crippen molar-refractivity contribution in [3.05, 3.63) is 23.2 Å². The number of hydrogen-bond donors (Lipinski definition) is 1. The van der Waals surface area contributed by atoms with Crippen LogP contribution in [-0.2, 0) is 9.59 Å². The van der Waals surface area contributed by atoms with E-state index in [1.165, 1.54) is 7.11 Å². The maximum atomic E-state index is 12.3. The number of hydrogen-bond acceptors (Lipinski definition) is 3. The fraction of sp³-hybridized carbons (Fsp3) is 0.529. The van der Waals surface area contributed by atoms with Gasteiger partial charge >= 0.3 is 0 Å². The SMILES string of the molecule is COc1ccc(NC(=O)[C@H]2CC(=O)N(CCC(C)C)C2)cc1Cl. The molecule has 0 radical (unpaired) electrons. The summed E-state index contributed by atoms with van der Waals surface area (Å²) >= 11 is 6.05. The van der Waals surface area contributed by atoms with E-state index in [2.05, 4.69) is 19.2 Å². The quantitative estimate of drug-likeness (QED) is 0.866. The van der Waals surface area contributed by atoms with Crippen molar-refractivity contribution in [2.45, 2.75) is 26.7 Å². The Labute approximate surface area is 141 Å². The lowest BCUT2D eigenvalue weighted by Gasteiger charge is -2.17. The van der Waals surface area contributed by atoms with Crippen molar-refractivity contribution in [3.63, 3.8) is 0 Å². The minimum atomic E-state index is -0.310. The third kappa shape index (κ3) is 4.61. The molecule has 1 atom stereocenters. The third-order valence-corrected chi connectivity index (χ3v) is 4.28. The minimum absolute atomic E-state index is 0.0542. The van der Waals surface area contributed by atoms with Crippen molar-refractivity contribution in [3.8, 4) is 5.75 Å². The lowest BCUT2D eigenvalue weighted by Crippen LogP contribution is -2.29. The molecule has 6 heteroatoms. The van der Waals surface area contributed by atoms with E-state index >= 15 is 0 Å².